The molecule has 0 unspecified atom stereocenters. The van der Waals surface area contributed by atoms with Gasteiger partial charge < -0.3 is 9.64 Å². The van der Waals surface area contributed by atoms with Crippen LogP contribution in [0, 0.1) is 6.92 Å². The Labute approximate surface area is 171 Å². The van der Waals surface area contributed by atoms with Gasteiger partial charge in [-0.1, -0.05) is 18.2 Å². The van der Waals surface area contributed by atoms with Crippen molar-refractivity contribution in [1.29, 1.82) is 0 Å². The number of carbonyl (C=O) groups excluding carboxylic acids is 1. The van der Waals surface area contributed by atoms with Crippen molar-refractivity contribution in [3.05, 3.63) is 77.9 Å². The van der Waals surface area contributed by atoms with E-state index in [-0.39, 0.29) is 11.8 Å². The molecule has 1 atom stereocenters. The van der Waals surface area contributed by atoms with E-state index in [2.05, 4.69) is 23.2 Å². The number of amides is 1. The van der Waals surface area contributed by atoms with Crippen molar-refractivity contribution >= 4 is 5.91 Å². The molecule has 29 heavy (non-hydrogen) atoms. The number of rotatable bonds is 4. The zero-order valence-electron chi connectivity index (χ0n) is 16.8. The zero-order valence-corrected chi connectivity index (χ0v) is 16.8. The van der Waals surface area contributed by atoms with Crippen LogP contribution in [0.5, 0.6) is 5.75 Å². The van der Waals surface area contributed by atoms with Crippen molar-refractivity contribution in [2.75, 3.05) is 20.2 Å². The molecule has 5 heteroatoms. The van der Waals surface area contributed by atoms with Gasteiger partial charge in [0.25, 0.3) is 5.91 Å². The number of aryl methyl sites for hydroxylation is 1. The van der Waals surface area contributed by atoms with Gasteiger partial charge in [-0.15, -0.1) is 0 Å². The van der Waals surface area contributed by atoms with E-state index in [1.807, 2.05) is 42.2 Å². The van der Waals surface area contributed by atoms with Crippen LogP contribution in [-0.2, 0) is 0 Å². The smallest absolute Gasteiger partial charge is 0.272 e. The Morgan fingerprint density at radius 1 is 1.10 bits per heavy atom. The van der Waals surface area contributed by atoms with Gasteiger partial charge >= 0.3 is 0 Å². The SMILES string of the molecule is COc1cccc(-c2cc(C)nc([C@H]3CCCN(C(=O)c4ccccn4)C3)c2)c1. The maximum absolute atomic E-state index is 12.8. The fraction of sp³-hybridized carbons (Fsp3) is 0.292. The number of ether oxygens (including phenoxy) is 1. The second-order valence-electron chi connectivity index (χ2n) is 7.46. The van der Waals surface area contributed by atoms with Gasteiger partial charge in [0, 0.05) is 36.6 Å². The van der Waals surface area contributed by atoms with Crippen LogP contribution >= 0.6 is 0 Å². The molecule has 5 nitrogen and oxygen atoms in total. The molecule has 148 valence electrons. The number of piperidine rings is 1. The summed E-state index contributed by atoms with van der Waals surface area (Å²) in [6, 6.07) is 17.8. The summed E-state index contributed by atoms with van der Waals surface area (Å²) >= 11 is 0. The third-order valence-corrected chi connectivity index (χ3v) is 5.39. The summed E-state index contributed by atoms with van der Waals surface area (Å²) in [5, 5.41) is 0. The fourth-order valence-corrected chi connectivity index (χ4v) is 3.93. The topological polar surface area (TPSA) is 55.3 Å². The summed E-state index contributed by atoms with van der Waals surface area (Å²) in [4.78, 5) is 23.8. The second-order valence-corrected chi connectivity index (χ2v) is 7.46. The Bertz CT molecular complexity index is 1000. The van der Waals surface area contributed by atoms with Crippen LogP contribution in [0.15, 0.2) is 60.8 Å². The highest BCUT2D eigenvalue weighted by Crippen LogP contribution is 2.31. The van der Waals surface area contributed by atoms with Crippen molar-refractivity contribution in [1.82, 2.24) is 14.9 Å². The minimum absolute atomic E-state index is 0.00373. The predicted molar refractivity (Wildman–Crippen MR) is 113 cm³/mol. The quantitative estimate of drug-likeness (QED) is 0.662. The molecule has 4 rings (SSSR count). The van der Waals surface area contributed by atoms with Gasteiger partial charge in [0.2, 0.25) is 0 Å². The number of likely N-dealkylation sites (tertiary alicyclic amines) is 1. The Balaban J connectivity index is 1.59. The maximum Gasteiger partial charge on any atom is 0.272 e. The monoisotopic (exact) mass is 387 g/mol. The van der Waals surface area contributed by atoms with E-state index in [0.29, 0.717) is 12.2 Å². The first-order chi connectivity index (χ1) is 14.1. The molecule has 0 radical (unpaired) electrons. The van der Waals surface area contributed by atoms with Crippen LogP contribution in [0.25, 0.3) is 11.1 Å². The molecule has 3 aromatic rings. The normalized spacial score (nSPS) is 16.5. The van der Waals surface area contributed by atoms with Gasteiger partial charge in [-0.25, -0.2) is 0 Å². The molecule has 1 aromatic carbocycles. The van der Waals surface area contributed by atoms with E-state index in [4.69, 9.17) is 9.72 Å². The first-order valence-corrected chi connectivity index (χ1v) is 9.97. The van der Waals surface area contributed by atoms with Gasteiger partial charge in [-0.2, -0.15) is 0 Å². The molecule has 1 saturated heterocycles. The van der Waals surface area contributed by atoms with E-state index in [9.17, 15) is 4.79 Å². The molecule has 0 aliphatic carbocycles. The van der Waals surface area contributed by atoms with E-state index in [1.165, 1.54) is 0 Å². The lowest BCUT2D eigenvalue weighted by Gasteiger charge is -2.32. The van der Waals surface area contributed by atoms with E-state index < -0.39 is 0 Å². The summed E-state index contributed by atoms with van der Waals surface area (Å²) in [6.45, 7) is 3.46. The molecular weight excluding hydrogens is 362 g/mol. The highest BCUT2D eigenvalue weighted by molar-refractivity contribution is 5.92. The zero-order chi connectivity index (χ0) is 20.2. The van der Waals surface area contributed by atoms with E-state index in [1.54, 1.807) is 19.4 Å². The molecule has 1 amide bonds. The van der Waals surface area contributed by atoms with Crippen molar-refractivity contribution in [3.63, 3.8) is 0 Å². The van der Waals surface area contributed by atoms with Gasteiger partial charge in [0.1, 0.15) is 11.4 Å². The van der Waals surface area contributed by atoms with Gasteiger partial charge in [0.05, 0.1) is 7.11 Å². The van der Waals surface area contributed by atoms with Crippen molar-refractivity contribution in [2.24, 2.45) is 0 Å². The Morgan fingerprint density at radius 3 is 2.79 bits per heavy atom. The lowest BCUT2D eigenvalue weighted by molar-refractivity contribution is 0.0700. The van der Waals surface area contributed by atoms with Crippen LogP contribution in [0.3, 0.4) is 0 Å². The lowest BCUT2D eigenvalue weighted by Crippen LogP contribution is -2.39. The molecule has 3 heterocycles. The van der Waals surface area contributed by atoms with Gasteiger partial charge in [-0.05, 0) is 67.3 Å². The van der Waals surface area contributed by atoms with Crippen molar-refractivity contribution in [2.45, 2.75) is 25.7 Å². The minimum Gasteiger partial charge on any atom is -0.497 e. The largest absolute Gasteiger partial charge is 0.497 e. The lowest BCUT2D eigenvalue weighted by atomic mass is 9.92. The van der Waals surface area contributed by atoms with Crippen LogP contribution in [-0.4, -0.2) is 41.0 Å². The molecule has 1 fully saturated rings. The molecule has 2 aromatic heterocycles. The number of benzene rings is 1. The average Bonchev–Trinajstić information content (AvgIpc) is 2.79. The molecule has 1 aliphatic heterocycles. The summed E-state index contributed by atoms with van der Waals surface area (Å²) in [6.07, 6.45) is 3.66. The molecule has 0 spiro atoms. The molecule has 0 saturated carbocycles. The highest BCUT2D eigenvalue weighted by atomic mass is 16.5. The number of methoxy groups -OCH3 is 1. The van der Waals surface area contributed by atoms with E-state index in [0.717, 1.165) is 47.7 Å². The first kappa shape index (κ1) is 19.1. The second kappa shape index (κ2) is 8.43. The fourth-order valence-electron chi connectivity index (χ4n) is 3.93. The van der Waals surface area contributed by atoms with Crippen LogP contribution in [0.4, 0.5) is 0 Å². The summed E-state index contributed by atoms with van der Waals surface area (Å²) in [7, 11) is 1.68. The Kier molecular flexibility index (Phi) is 5.56. The summed E-state index contributed by atoms with van der Waals surface area (Å²) in [5.41, 5.74) is 4.75. The minimum atomic E-state index is -0.00373. The van der Waals surface area contributed by atoms with Crippen LogP contribution < -0.4 is 4.74 Å². The third-order valence-electron chi connectivity index (χ3n) is 5.39. The standard InChI is InChI=1S/C24H25N3O2/c1-17-13-20(18-7-5-9-21(14-18)29-2)15-23(26-17)19-8-6-12-27(16-19)24(28)22-10-3-4-11-25-22/h3-5,7,9-11,13-15,19H,6,8,12,16H2,1-2H3/t19-/m0/s1. The Hall–Kier alpha value is -3.21. The number of hydrogen-bond donors (Lipinski definition) is 0. The number of hydrogen-bond acceptors (Lipinski definition) is 4. The first-order valence-electron chi connectivity index (χ1n) is 9.97. The predicted octanol–water partition coefficient (Wildman–Crippen LogP) is 4.48. The third kappa shape index (κ3) is 4.29. The van der Waals surface area contributed by atoms with Crippen molar-refractivity contribution < 1.29 is 9.53 Å². The highest BCUT2D eigenvalue weighted by Gasteiger charge is 2.27. The Morgan fingerprint density at radius 2 is 2.00 bits per heavy atom. The summed E-state index contributed by atoms with van der Waals surface area (Å²) in [5.74, 6) is 1.06. The molecule has 1 aliphatic rings. The number of pyridine rings is 2. The number of nitrogens with zero attached hydrogens (tertiary/aromatic N) is 3. The number of carbonyl (C=O) groups is 1. The van der Waals surface area contributed by atoms with Crippen molar-refractivity contribution in [3.8, 4) is 16.9 Å². The van der Waals surface area contributed by atoms with Gasteiger partial charge in [0.15, 0.2) is 0 Å². The molecule has 0 N–H and O–H groups in total. The van der Waals surface area contributed by atoms with E-state index >= 15 is 0 Å². The van der Waals surface area contributed by atoms with Gasteiger partial charge in [-0.3, -0.25) is 14.8 Å². The summed E-state index contributed by atoms with van der Waals surface area (Å²) < 4.78 is 5.37. The molecular formula is C24H25N3O2. The van der Waals surface area contributed by atoms with Crippen LogP contribution in [0.2, 0.25) is 0 Å². The number of aromatic nitrogens is 2. The molecule has 0 bridgehead atoms. The van der Waals surface area contributed by atoms with Crippen LogP contribution in [0.1, 0.15) is 40.6 Å². The average molecular weight is 387 g/mol. The maximum atomic E-state index is 12.8.